The van der Waals surface area contributed by atoms with E-state index in [4.69, 9.17) is 9.15 Å². The van der Waals surface area contributed by atoms with Crippen LogP contribution < -0.4 is 9.64 Å². The van der Waals surface area contributed by atoms with E-state index >= 15 is 0 Å². The third-order valence-corrected chi connectivity index (χ3v) is 6.15. The summed E-state index contributed by atoms with van der Waals surface area (Å²) in [6.45, 7) is 0. The number of methoxy groups -OCH3 is 1. The average molecular weight is 365 g/mol. The summed E-state index contributed by atoms with van der Waals surface area (Å²) in [5.74, 6) is 1.60. The number of carbonyl (C=O) groups is 1. The summed E-state index contributed by atoms with van der Waals surface area (Å²) in [5.41, 5.74) is 1.82. The molecular weight excluding hydrogens is 346 g/mol. The van der Waals surface area contributed by atoms with Crippen LogP contribution in [0.1, 0.15) is 17.4 Å². The van der Waals surface area contributed by atoms with Gasteiger partial charge in [0.25, 0.3) is 5.91 Å². The second-order valence-corrected chi connectivity index (χ2v) is 7.15. The molecule has 0 spiro atoms. The average Bonchev–Trinajstić information content (AvgIpc) is 3.22. The third kappa shape index (κ3) is 2.35. The van der Waals surface area contributed by atoms with Crippen LogP contribution in [0.4, 0.5) is 5.69 Å². The minimum Gasteiger partial charge on any atom is -0.497 e. The highest BCUT2D eigenvalue weighted by atomic mass is 32.2. The Morgan fingerprint density at radius 3 is 2.35 bits per heavy atom. The monoisotopic (exact) mass is 365 g/mol. The summed E-state index contributed by atoms with van der Waals surface area (Å²) in [6, 6.07) is 21.0. The molecule has 1 saturated heterocycles. The molecule has 4 rings (SSSR count). The first-order valence-corrected chi connectivity index (χ1v) is 9.56. The van der Waals surface area contributed by atoms with E-state index in [1.54, 1.807) is 25.1 Å². The van der Waals surface area contributed by atoms with Crippen LogP contribution >= 0.6 is 11.8 Å². The largest absolute Gasteiger partial charge is 0.497 e. The van der Waals surface area contributed by atoms with Gasteiger partial charge < -0.3 is 9.15 Å². The lowest BCUT2D eigenvalue weighted by atomic mass is 9.78. The van der Waals surface area contributed by atoms with E-state index in [0.29, 0.717) is 0 Å². The number of benzene rings is 2. The minimum absolute atomic E-state index is 0.0581. The maximum atomic E-state index is 13.4. The van der Waals surface area contributed by atoms with E-state index < -0.39 is 4.75 Å². The van der Waals surface area contributed by atoms with Crippen LogP contribution in [0.5, 0.6) is 5.75 Å². The van der Waals surface area contributed by atoms with Crippen LogP contribution in [0, 0.1) is 0 Å². The van der Waals surface area contributed by atoms with E-state index in [1.807, 2.05) is 77.9 Å². The number of para-hydroxylation sites is 1. The number of ether oxygens (including phenoxy) is 1. The topological polar surface area (TPSA) is 42.7 Å². The highest BCUT2D eigenvalue weighted by Crippen LogP contribution is 2.59. The molecule has 0 saturated carbocycles. The van der Waals surface area contributed by atoms with Crippen LogP contribution in [0.25, 0.3) is 0 Å². The van der Waals surface area contributed by atoms with E-state index in [9.17, 15) is 4.79 Å². The maximum absolute atomic E-state index is 13.4. The van der Waals surface area contributed by atoms with Gasteiger partial charge in [-0.1, -0.05) is 30.3 Å². The molecule has 4 nitrogen and oxygen atoms in total. The van der Waals surface area contributed by atoms with Gasteiger partial charge >= 0.3 is 0 Å². The lowest BCUT2D eigenvalue weighted by Gasteiger charge is -2.54. The number of hydrogen-bond donors (Lipinski definition) is 0. The Labute approximate surface area is 156 Å². The van der Waals surface area contributed by atoms with Crippen LogP contribution in [0.15, 0.2) is 77.4 Å². The molecule has 132 valence electrons. The van der Waals surface area contributed by atoms with Gasteiger partial charge in [-0.05, 0) is 48.2 Å². The highest BCUT2D eigenvalue weighted by Gasteiger charge is 2.63. The zero-order valence-corrected chi connectivity index (χ0v) is 15.4. The van der Waals surface area contributed by atoms with Gasteiger partial charge in [0, 0.05) is 5.69 Å². The summed E-state index contributed by atoms with van der Waals surface area (Å²) in [6.07, 6.45) is 3.63. The molecule has 2 atom stereocenters. The molecule has 26 heavy (non-hydrogen) atoms. The molecule has 5 heteroatoms. The van der Waals surface area contributed by atoms with Crippen LogP contribution in [0.2, 0.25) is 0 Å². The van der Waals surface area contributed by atoms with Crippen molar-refractivity contribution < 1.29 is 13.9 Å². The highest BCUT2D eigenvalue weighted by molar-refractivity contribution is 8.00. The first kappa shape index (κ1) is 16.8. The molecule has 1 fully saturated rings. The molecule has 2 heterocycles. The van der Waals surface area contributed by atoms with Gasteiger partial charge in [0.1, 0.15) is 22.3 Å². The normalized spacial score (nSPS) is 22.2. The Kier molecular flexibility index (Phi) is 4.24. The van der Waals surface area contributed by atoms with Crippen molar-refractivity contribution in [2.75, 3.05) is 18.3 Å². The van der Waals surface area contributed by atoms with Gasteiger partial charge in [0.15, 0.2) is 0 Å². The number of amides is 1. The first-order valence-electron chi connectivity index (χ1n) is 8.34. The molecule has 3 aromatic rings. The Morgan fingerprint density at radius 1 is 1.04 bits per heavy atom. The van der Waals surface area contributed by atoms with Crippen molar-refractivity contribution in [3.63, 3.8) is 0 Å². The summed E-state index contributed by atoms with van der Waals surface area (Å²) in [4.78, 5) is 15.2. The lowest BCUT2D eigenvalue weighted by molar-refractivity contribution is -0.128. The fourth-order valence-electron chi connectivity index (χ4n) is 3.59. The zero-order chi connectivity index (χ0) is 18.1. The predicted octanol–water partition coefficient (Wildman–Crippen LogP) is 4.63. The molecule has 0 radical (unpaired) electrons. The number of thioether (sulfide) groups is 1. The number of β-lactam (4-membered cyclic amide) rings is 1. The van der Waals surface area contributed by atoms with Gasteiger partial charge in [-0.25, -0.2) is 0 Å². The Morgan fingerprint density at radius 2 is 1.77 bits per heavy atom. The number of rotatable bonds is 5. The van der Waals surface area contributed by atoms with E-state index in [0.717, 1.165) is 22.8 Å². The van der Waals surface area contributed by atoms with Gasteiger partial charge in [-0.2, -0.15) is 0 Å². The summed E-state index contributed by atoms with van der Waals surface area (Å²) in [5, 5.41) is 0. The van der Waals surface area contributed by atoms with Crippen LogP contribution in [-0.2, 0) is 9.54 Å². The molecule has 0 N–H and O–H groups in total. The van der Waals surface area contributed by atoms with Crippen molar-refractivity contribution in [1.82, 2.24) is 0 Å². The second-order valence-electron chi connectivity index (χ2n) is 6.10. The smallest absolute Gasteiger partial charge is 0.251 e. The van der Waals surface area contributed by atoms with Gasteiger partial charge in [-0.3, -0.25) is 9.69 Å². The van der Waals surface area contributed by atoms with Gasteiger partial charge in [-0.15, -0.1) is 11.8 Å². The van der Waals surface area contributed by atoms with E-state index in [2.05, 4.69) is 0 Å². The molecule has 1 aromatic heterocycles. The Bertz CT molecular complexity index is 893. The number of nitrogens with zero attached hydrogens (tertiary/aromatic N) is 1. The quantitative estimate of drug-likeness (QED) is 0.618. The number of carbonyl (C=O) groups excluding carboxylic acids is 1. The summed E-state index contributed by atoms with van der Waals surface area (Å²) >= 11 is 1.55. The molecule has 1 aliphatic heterocycles. The lowest BCUT2D eigenvalue weighted by Crippen LogP contribution is -2.64. The summed E-state index contributed by atoms with van der Waals surface area (Å²) < 4.78 is 10.3. The Balaban J connectivity index is 1.84. The molecule has 0 unspecified atom stereocenters. The fraction of sp³-hybridized carbons (Fsp3) is 0.190. The SMILES string of the molecule is COc1ccc([C@]2(SC)C(=O)N(c3ccccc3)[C@@H]2c2ccco2)cc1. The molecule has 2 aromatic carbocycles. The Hall–Kier alpha value is -2.66. The predicted molar refractivity (Wildman–Crippen MR) is 104 cm³/mol. The first-order chi connectivity index (χ1) is 12.7. The fourth-order valence-corrected chi connectivity index (χ4v) is 4.68. The second kappa shape index (κ2) is 6.57. The van der Waals surface area contributed by atoms with Gasteiger partial charge in [0.05, 0.1) is 13.4 Å². The molecule has 0 bridgehead atoms. The molecule has 1 amide bonds. The van der Waals surface area contributed by atoms with Crippen molar-refractivity contribution >= 4 is 23.4 Å². The summed E-state index contributed by atoms with van der Waals surface area (Å²) in [7, 11) is 1.64. The van der Waals surface area contributed by atoms with Crippen molar-refractivity contribution in [3.05, 3.63) is 84.3 Å². The third-order valence-electron chi connectivity index (χ3n) is 4.87. The number of furan rings is 1. The number of anilines is 1. The van der Waals surface area contributed by atoms with E-state index in [1.165, 1.54) is 0 Å². The van der Waals surface area contributed by atoms with Crippen molar-refractivity contribution in [2.24, 2.45) is 0 Å². The van der Waals surface area contributed by atoms with Gasteiger partial charge in [0.2, 0.25) is 0 Å². The zero-order valence-electron chi connectivity index (χ0n) is 14.6. The van der Waals surface area contributed by atoms with E-state index in [-0.39, 0.29) is 11.9 Å². The molecule has 0 aliphatic carbocycles. The van der Waals surface area contributed by atoms with Crippen molar-refractivity contribution in [2.45, 2.75) is 10.8 Å². The minimum atomic E-state index is -0.722. The molecular formula is C21H19NO3S. The van der Waals surface area contributed by atoms with Crippen molar-refractivity contribution in [3.8, 4) is 5.75 Å². The number of hydrogen-bond acceptors (Lipinski definition) is 4. The van der Waals surface area contributed by atoms with Crippen molar-refractivity contribution in [1.29, 1.82) is 0 Å². The van der Waals surface area contributed by atoms with Crippen LogP contribution in [-0.4, -0.2) is 19.3 Å². The standard InChI is InChI=1S/C21H19NO3S/c1-24-17-12-10-15(11-13-17)21(26-2)19(18-9-6-14-25-18)22(20(21)23)16-7-4-3-5-8-16/h3-14,19H,1-2H3/t19-,21-/m1/s1. The molecule has 1 aliphatic rings. The van der Waals surface area contributed by atoms with Crippen LogP contribution in [0.3, 0.4) is 0 Å². The maximum Gasteiger partial charge on any atom is 0.251 e.